The molecule has 0 amide bonds. The molecule has 21 heavy (non-hydrogen) atoms. The summed E-state index contributed by atoms with van der Waals surface area (Å²) in [5.41, 5.74) is 2.84. The largest absolute Gasteiger partial charge is 0.481 e. The van der Waals surface area contributed by atoms with E-state index in [9.17, 15) is 4.79 Å². The Balaban J connectivity index is 1.94. The van der Waals surface area contributed by atoms with Gasteiger partial charge < -0.3 is 10.2 Å². The molecule has 0 aromatic heterocycles. The molecule has 4 heteroatoms. The van der Waals surface area contributed by atoms with Gasteiger partial charge in [0, 0.05) is 25.6 Å². The normalized spacial score (nSPS) is 17.1. The van der Waals surface area contributed by atoms with Crippen molar-refractivity contribution in [2.75, 3.05) is 19.7 Å². The van der Waals surface area contributed by atoms with Crippen LogP contribution in [0.2, 0.25) is 0 Å². The highest BCUT2D eigenvalue weighted by Crippen LogP contribution is 2.35. The Kier molecular flexibility index (Phi) is 6.21. The molecular formula is C17H25NO3. The topological polar surface area (TPSA) is 60.8 Å². The molecule has 1 aliphatic carbocycles. The third-order valence-electron chi connectivity index (χ3n) is 4.23. The van der Waals surface area contributed by atoms with Crippen LogP contribution in [-0.4, -0.2) is 40.8 Å². The Hall–Kier alpha value is -1.39. The molecule has 0 spiro atoms. The lowest BCUT2D eigenvalue weighted by Crippen LogP contribution is -2.30. The molecule has 2 rings (SSSR count). The molecule has 116 valence electrons. The number of nitrogens with zero attached hydrogens (tertiary/aromatic N) is 1. The predicted octanol–water partition coefficient (Wildman–Crippen LogP) is 2.61. The van der Waals surface area contributed by atoms with E-state index in [2.05, 4.69) is 29.2 Å². The molecule has 1 aliphatic rings. The predicted molar refractivity (Wildman–Crippen MR) is 82.3 cm³/mol. The molecule has 1 unspecified atom stereocenters. The minimum Gasteiger partial charge on any atom is -0.481 e. The van der Waals surface area contributed by atoms with Crippen LogP contribution in [0.5, 0.6) is 0 Å². The van der Waals surface area contributed by atoms with Crippen LogP contribution in [0.1, 0.15) is 49.3 Å². The highest BCUT2D eigenvalue weighted by Gasteiger charge is 2.26. The van der Waals surface area contributed by atoms with Crippen molar-refractivity contribution in [2.45, 2.75) is 44.6 Å². The number of benzene rings is 1. The monoisotopic (exact) mass is 291 g/mol. The van der Waals surface area contributed by atoms with E-state index in [0.717, 1.165) is 45.2 Å². The van der Waals surface area contributed by atoms with Crippen molar-refractivity contribution in [1.82, 2.24) is 4.90 Å². The lowest BCUT2D eigenvalue weighted by molar-refractivity contribution is -0.137. The van der Waals surface area contributed by atoms with Crippen molar-refractivity contribution < 1.29 is 15.0 Å². The Labute approximate surface area is 126 Å². The van der Waals surface area contributed by atoms with Crippen molar-refractivity contribution in [3.8, 4) is 0 Å². The fourth-order valence-electron chi connectivity index (χ4n) is 3.20. The van der Waals surface area contributed by atoms with Crippen molar-refractivity contribution in [2.24, 2.45) is 0 Å². The summed E-state index contributed by atoms with van der Waals surface area (Å²) in [5.74, 6) is -0.719. The van der Waals surface area contributed by atoms with E-state index in [1.54, 1.807) is 0 Å². The number of aliphatic hydroxyl groups excluding tert-OH is 1. The van der Waals surface area contributed by atoms with Crippen LogP contribution in [0.15, 0.2) is 24.3 Å². The highest BCUT2D eigenvalue weighted by atomic mass is 16.4. The summed E-state index contributed by atoms with van der Waals surface area (Å²) in [5, 5.41) is 17.8. The summed E-state index contributed by atoms with van der Waals surface area (Å²) in [6.07, 6.45) is 4.89. The van der Waals surface area contributed by atoms with E-state index in [-0.39, 0.29) is 13.0 Å². The molecule has 1 aromatic carbocycles. The van der Waals surface area contributed by atoms with Gasteiger partial charge in [-0.05, 0) is 49.8 Å². The van der Waals surface area contributed by atoms with Crippen LogP contribution in [0.4, 0.5) is 0 Å². The van der Waals surface area contributed by atoms with Crippen molar-refractivity contribution in [3.63, 3.8) is 0 Å². The SMILES string of the molecule is O=C(O)CCCCN(CCCO)C1CCc2ccccc21. The maximum Gasteiger partial charge on any atom is 0.303 e. The maximum atomic E-state index is 10.6. The minimum absolute atomic E-state index is 0.208. The van der Waals surface area contributed by atoms with E-state index in [0.29, 0.717) is 6.04 Å². The minimum atomic E-state index is -0.719. The zero-order chi connectivity index (χ0) is 15.1. The number of aryl methyl sites for hydroxylation is 1. The van der Waals surface area contributed by atoms with Gasteiger partial charge in [0.1, 0.15) is 0 Å². The van der Waals surface area contributed by atoms with Crippen molar-refractivity contribution >= 4 is 5.97 Å². The fraction of sp³-hybridized carbons (Fsp3) is 0.588. The maximum absolute atomic E-state index is 10.6. The Bertz CT molecular complexity index is 461. The lowest BCUT2D eigenvalue weighted by Gasteiger charge is -2.29. The molecule has 0 saturated heterocycles. The van der Waals surface area contributed by atoms with E-state index in [4.69, 9.17) is 10.2 Å². The third kappa shape index (κ3) is 4.55. The molecule has 1 atom stereocenters. The zero-order valence-electron chi connectivity index (χ0n) is 12.5. The number of aliphatic carboxylic acids is 1. The smallest absolute Gasteiger partial charge is 0.303 e. The summed E-state index contributed by atoms with van der Waals surface area (Å²) in [6, 6.07) is 9.01. The summed E-state index contributed by atoms with van der Waals surface area (Å²) < 4.78 is 0. The van der Waals surface area contributed by atoms with Gasteiger partial charge in [-0.1, -0.05) is 24.3 Å². The van der Waals surface area contributed by atoms with Crippen molar-refractivity contribution in [1.29, 1.82) is 0 Å². The molecule has 0 bridgehead atoms. The Morgan fingerprint density at radius 2 is 1.95 bits per heavy atom. The van der Waals surface area contributed by atoms with Gasteiger partial charge in [-0.2, -0.15) is 0 Å². The zero-order valence-corrected chi connectivity index (χ0v) is 12.5. The number of carboxylic acid groups (broad SMARTS) is 1. The first kappa shape index (κ1) is 16.0. The summed E-state index contributed by atoms with van der Waals surface area (Å²) in [4.78, 5) is 13.0. The molecule has 0 saturated carbocycles. The number of rotatable bonds is 9. The second-order valence-corrected chi connectivity index (χ2v) is 5.72. The van der Waals surface area contributed by atoms with Gasteiger partial charge in [0.05, 0.1) is 0 Å². The van der Waals surface area contributed by atoms with Crippen LogP contribution >= 0.6 is 0 Å². The van der Waals surface area contributed by atoms with Gasteiger partial charge in [0.25, 0.3) is 0 Å². The van der Waals surface area contributed by atoms with Crippen LogP contribution < -0.4 is 0 Å². The highest BCUT2D eigenvalue weighted by molar-refractivity contribution is 5.66. The lowest BCUT2D eigenvalue weighted by atomic mass is 10.1. The fourth-order valence-corrected chi connectivity index (χ4v) is 3.20. The third-order valence-corrected chi connectivity index (χ3v) is 4.23. The van der Waals surface area contributed by atoms with E-state index >= 15 is 0 Å². The van der Waals surface area contributed by atoms with E-state index in [1.807, 2.05) is 0 Å². The quantitative estimate of drug-likeness (QED) is 0.687. The molecule has 2 N–H and O–H groups in total. The van der Waals surface area contributed by atoms with Gasteiger partial charge in [0.2, 0.25) is 0 Å². The molecule has 0 fully saturated rings. The first-order chi connectivity index (χ1) is 10.2. The van der Waals surface area contributed by atoms with E-state index < -0.39 is 5.97 Å². The van der Waals surface area contributed by atoms with Gasteiger partial charge in [-0.3, -0.25) is 9.69 Å². The number of fused-ring (bicyclic) bond motifs is 1. The Morgan fingerprint density at radius 1 is 1.19 bits per heavy atom. The summed E-state index contributed by atoms with van der Waals surface area (Å²) in [6.45, 7) is 1.99. The average Bonchev–Trinajstić information content (AvgIpc) is 2.90. The number of hydrogen-bond donors (Lipinski definition) is 2. The van der Waals surface area contributed by atoms with E-state index in [1.165, 1.54) is 11.1 Å². The average molecular weight is 291 g/mol. The molecule has 0 aliphatic heterocycles. The molecule has 4 nitrogen and oxygen atoms in total. The molecular weight excluding hydrogens is 266 g/mol. The number of hydrogen-bond acceptors (Lipinski definition) is 3. The summed E-state index contributed by atoms with van der Waals surface area (Å²) in [7, 11) is 0. The van der Waals surface area contributed by atoms with Gasteiger partial charge in [0.15, 0.2) is 0 Å². The van der Waals surface area contributed by atoms with Crippen LogP contribution in [0, 0.1) is 0 Å². The van der Waals surface area contributed by atoms with Gasteiger partial charge in [-0.15, -0.1) is 0 Å². The van der Waals surface area contributed by atoms with Gasteiger partial charge in [-0.25, -0.2) is 0 Å². The Morgan fingerprint density at radius 3 is 2.71 bits per heavy atom. The first-order valence-corrected chi connectivity index (χ1v) is 7.87. The second kappa shape index (κ2) is 8.15. The van der Waals surface area contributed by atoms with Crippen LogP contribution in [-0.2, 0) is 11.2 Å². The molecule has 0 heterocycles. The molecule has 1 aromatic rings. The standard InChI is InChI=1S/C17H25NO3/c19-13-5-12-18(11-4-3-8-17(20)21)16-10-9-14-6-1-2-7-15(14)16/h1-2,6-7,16,19H,3-5,8-13H2,(H,20,21). The van der Waals surface area contributed by atoms with Crippen LogP contribution in [0.25, 0.3) is 0 Å². The number of carboxylic acids is 1. The first-order valence-electron chi connectivity index (χ1n) is 7.87. The number of carbonyl (C=O) groups is 1. The second-order valence-electron chi connectivity index (χ2n) is 5.72. The number of aliphatic hydroxyl groups is 1. The molecule has 0 radical (unpaired) electrons. The van der Waals surface area contributed by atoms with Gasteiger partial charge >= 0.3 is 5.97 Å². The van der Waals surface area contributed by atoms with Crippen LogP contribution in [0.3, 0.4) is 0 Å². The number of unbranched alkanes of at least 4 members (excludes halogenated alkanes) is 1. The van der Waals surface area contributed by atoms with Crippen molar-refractivity contribution in [3.05, 3.63) is 35.4 Å². The summed E-state index contributed by atoms with van der Waals surface area (Å²) >= 11 is 0.